The molecule has 0 fully saturated rings. The lowest BCUT2D eigenvalue weighted by molar-refractivity contribution is -0.122. The molecule has 0 bridgehead atoms. The van der Waals surface area contributed by atoms with Crippen molar-refractivity contribution in [2.75, 3.05) is 6.54 Å². The molecule has 7 heteroatoms. The summed E-state index contributed by atoms with van der Waals surface area (Å²) in [4.78, 5) is 31.2. The number of aryl methyl sites for hydroxylation is 3. The number of nitrogens with zero attached hydrogens (tertiary/aromatic N) is 3. The first-order chi connectivity index (χ1) is 12.9. The SMILES string of the molecule is Cc1nc2c(c(C)c1CNC(=O)CN1Cc3ccccc3C1)c(=O)[nH]n2C. The summed E-state index contributed by atoms with van der Waals surface area (Å²) < 4.78 is 1.63. The van der Waals surface area contributed by atoms with Crippen LogP contribution in [0, 0.1) is 13.8 Å². The highest BCUT2D eigenvalue weighted by atomic mass is 16.2. The van der Waals surface area contributed by atoms with Gasteiger partial charge in [0.1, 0.15) is 0 Å². The van der Waals surface area contributed by atoms with Crippen LogP contribution in [0.25, 0.3) is 11.0 Å². The maximum atomic E-state index is 12.4. The number of carbonyl (C=O) groups is 1. The number of fused-ring (bicyclic) bond motifs is 2. The average Bonchev–Trinajstić information content (AvgIpc) is 3.14. The summed E-state index contributed by atoms with van der Waals surface area (Å²) in [5.74, 6) is -0.0244. The van der Waals surface area contributed by atoms with Crippen molar-refractivity contribution in [3.05, 3.63) is 62.6 Å². The molecular weight excluding hydrogens is 342 g/mol. The number of nitrogens with one attached hydrogen (secondary N) is 2. The number of amides is 1. The quantitative estimate of drug-likeness (QED) is 0.734. The Morgan fingerprint density at radius 3 is 2.56 bits per heavy atom. The van der Waals surface area contributed by atoms with E-state index < -0.39 is 0 Å². The standard InChI is InChI=1S/C20H23N5O2/c1-12-16(13(2)22-19-18(12)20(27)23-24(19)3)8-21-17(26)11-25-9-14-6-4-5-7-15(14)10-25/h4-7H,8-11H2,1-3H3,(H,21,26)(H,23,27). The second-order valence-electron chi connectivity index (χ2n) is 7.19. The molecule has 1 amide bonds. The summed E-state index contributed by atoms with van der Waals surface area (Å²) in [5, 5.41) is 6.31. The van der Waals surface area contributed by atoms with Gasteiger partial charge in [-0.1, -0.05) is 24.3 Å². The fraction of sp³-hybridized carbons (Fsp3) is 0.350. The van der Waals surface area contributed by atoms with Gasteiger partial charge in [-0.3, -0.25) is 24.3 Å². The fourth-order valence-corrected chi connectivity index (χ4v) is 3.87. The van der Waals surface area contributed by atoms with Crippen LogP contribution in [0.4, 0.5) is 0 Å². The van der Waals surface area contributed by atoms with E-state index in [0.717, 1.165) is 29.9 Å². The van der Waals surface area contributed by atoms with Gasteiger partial charge >= 0.3 is 0 Å². The van der Waals surface area contributed by atoms with Gasteiger partial charge in [-0.25, -0.2) is 4.98 Å². The maximum Gasteiger partial charge on any atom is 0.273 e. The van der Waals surface area contributed by atoms with E-state index in [-0.39, 0.29) is 11.5 Å². The van der Waals surface area contributed by atoms with Crippen LogP contribution in [-0.4, -0.2) is 32.1 Å². The molecule has 0 saturated heterocycles. The van der Waals surface area contributed by atoms with Gasteiger partial charge in [0.25, 0.3) is 5.56 Å². The zero-order valence-electron chi connectivity index (χ0n) is 15.8. The van der Waals surface area contributed by atoms with Gasteiger partial charge < -0.3 is 5.32 Å². The van der Waals surface area contributed by atoms with Crippen molar-refractivity contribution >= 4 is 16.9 Å². The molecule has 0 radical (unpaired) electrons. The Morgan fingerprint density at radius 2 is 1.89 bits per heavy atom. The molecule has 1 aromatic carbocycles. The highest BCUT2D eigenvalue weighted by Gasteiger charge is 2.21. The third-order valence-corrected chi connectivity index (χ3v) is 5.31. The van der Waals surface area contributed by atoms with Crippen molar-refractivity contribution in [2.45, 2.75) is 33.5 Å². The minimum atomic E-state index is -0.153. The molecule has 2 N–H and O–H groups in total. The van der Waals surface area contributed by atoms with Crippen molar-refractivity contribution in [1.29, 1.82) is 0 Å². The Bertz CT molecular complexity index is 1070. The number of benzene rings is 1. The van der Waals surface area contributed by atoms with E-state index in [1.54, 1.807) is 11.7 Å². The van der Waals surface area contributed by atoms with Gasteiger partial charge in [-0.05, 0) is 36.1 Å². The first-order valence-corrected chi connectivity index (χ1v) is 9.04. The van der Waals surface area contributed by atoms with Crippen LogP contribution in [0.15, 0.2) is 29.1 Å². The van der Waals surface area contributed by atoms with Crippen molar-refractivity contribution in [2.24, 2.45) is 7.05 Å². The van der Waals surface area contributed by atoms with Gasteiger partial charge in [0.15, 0.2) is 5.65 Å². The van der Waals surface area contributed by atoms with Crippen molar-refractivity contribution < 1.29 is 4.79 Å². The molecule has 1 aliphatic rings. The third kappa shape index (κ3) is 3.14. The smallest absolute Gasteiger partial charge is 0.273 e. The zero-order valence-corrected chi connectivity index (χ0v) is 15.8. The molecule has 3 heterocycles. The number of pyridine rings is 1. The van der Waals surface area contributed by atoms with Crippen molar-refractivity contribution in [3.8, 4) is 0 Å². The molecule has 0 aliphatic carbocycles. The summed E-state index contributed by atoms with van der Waals surface area (Å²) in [7, 11) is 1.77. The number of hydrogen-bond donors (Lipinski definition) is 2. The van der Waals surface area contributed by atoms with Crippen LogP contribution in [0.3, 0.4) is 0 Å². The predicted octanol–water partition coefficient (Wildman–Crippen LogP) is 1.51. The van der Waals surface area contributed by atoms with Crippen LogP contribution in [-0.2, 0) is 31.5 Å². The molecule has 140 valence electrons. The predicted molar refractivity (Wildman–Crippen MR) is 103 cm³/mol. The van der Waals surface area contributed by atoms with Gasteiger partial charge in [-0.15, -0.1) is 0 Å². The second-order valence-corrected chi connectivity index (χ2v) is 7.19. The second kappa shape index (κ2) is 6.66. The molecule has 4 rings (SSSR count). The minimum Gasteiger partial charge on any atom is -0.351 e. The Morgan fingerprint density at radius 1 is 1.22 bits per heavy atom. The normalized spacial score (nSPS) is 13.9. The molecule has 2 aromatic heterocycles. The molecule has 1 aliphatic heterocycles. The highest BCUT2D eigenvalue weighted by molar-refractivity contribution is 5.81. The molecule has 0 unspecified atom stereocenters. The monoisotopic (exact) mass is 365 g/mol. The van der Waals surface area contributed by atoms with E-state index in [1.807, 2.05) is 26.0 Å². The van der Waals surface area contributed by atoms with Crippen LogP contribution in [0.1, 0.15) is 27.9 Å². The number of rotatable bonds is 4. The average molecular weight is 365 g/mol. The van der Waals surface area contributed by atoms with E-state index in [1.165, 1.54) is 11.1 Å². The Balaban J connectivity index is 1.45. The van der Waals surface area contributed by atoms with E-state index in [9.17, 15) is 9.59 Å². The zero-order chi connectivity index (χ0) is 19.1. The van der Waals surface area contributed by atoms with Gasteiger partial charge in [-0.2, -0.15) is 0 Å². The molecule has 0 spiro atoms. The Hall–Kier alpha value is -2.93. The van der Waals surface area contributed by atoms with E-state index in [0.29, 0.717) is 24.1 Å². The van der Waals surface area contributed by atoms with Crippen LogP contribution in [0.2, 0.25) is 0 Å². The third-order valence-electron chi connectivity index (χ3n) is 5.31. The lowest BCUT2D eigenvalue weighted by Crippen LogP contribution is -2.34. The van der Waals surface area contributed by atoms with E-state index in [2.05, 4.69) is 32.4 Å². The summed E-state index contributed by atoms with van der Waals surface area (Å²) in [6, 6.07) is 8.28. The first kappa shape index (κ1) is 17.5. The topological polar surface area (TPSA) is 83.0 Å². The Labute approximate surface area is 157 Å². The summed E-state index contributed by atoms with van der Waals surface area (Å²) >= 11 is 0. The minimum absolute atomic E-state index is 0.0244. The number of carbonyl (C=O) groups excluding carboxylic acids is 1. The van der Waals surface area contributed by atoms with Crippen LogP contribution in [0.5, 0.6) is 0 Å². The lowest BCUT2D eigenvalue weighted by atomic mass is 10.0. The van der Waals surface area contributed by atoms with Crippen molar-refractivity contribution in [3.63, 3.8) is 0 Å². The highest BCUT2D eigenvalue weighted by Crippen LogP contribution is 2.22. The van der Waals surface area contributed by atoms with Crippen LogP contribution >= 0.6 is 0 Å². The number of hydrogen-bond acceptors (Lipinski definition) is 4. The molecule has 7 nitrogen and oxygen atoms in total. The van der Waals surface area contributed by atoms with Gasteiger partial charge in [0.05, 0.1) is 11.9 Å². The van der Waals surface area contributed by atoms with Gasteiger partial charge in [0.2, 0.25) is 5.91 Å². The largest absolute Gasteiger partial charge is 0.351 e. The van der Waals surface area contributed by atoms with Gasteiger partial charge in [0, 0.05) is 32.4 Å². The first-order valence-electron chi connectivity index (χ1n) is 9.04. The maximum absolute atomic E-state index is 12.4. The summed E-state index contributed by atoms with van der Waals surface area (Å²) in [6.45, 7) is 6.14. The molecule has 27 heavy (non-hydrogen) atoms. The molecule has 0 atom stereocenters. The van der Waals surface area contributed by atoms with Crippen molar-refractivity contribution in [1.82, 2.24) is 25.0 Å². The Kier molecular flexibility index (Phi) is 4.31. The number of aromatic nitrogens is 3. The van der Waals surface area contributed by atoms with Crippen LogP contribution < -0.4 is 10.9 Å². The lowest BCUT2D eigenvalue weighted by Gasteiger charge is -2.16. The summed E-state index contributed by atoms with van der Waals surface area (Å²) in [6.07, 6.45) is 0. The number of aromatic amines is 1. The number of H-pyrrole nitrogens is 1. The van der Waals surface area contributed by atoms with E-state index >= 15 is 0 Å². The summed E-state index contributed by atoms with van der Waals surface area (Å²) in [5.41, 5.74) is 5.65. The van der Waals surface area contributed by atoms with E-state index in [4.69, 9.17) is 0 Å². The molecule has 0 saturated carbocycles. The fourth-order valence-electron chi connectivity index (χ4n) is 3.87. The molecular formula is C20H23N5O2. The molecule has 3 aromatic rings.